The molecule has 0 aliphatic heterocycles. The van der Waals surface area contributed by atoms with Gasteiger partial charge in [-0.1, -0.05) is 27.7 Å². The number of nitrogen functional groups attached to an aromatic ring is 1. The Kier molecular flexibility index (Phi) is 4.20. The van der Waals surface area contributed by atoms with Crippen LogP contribution in [0, 0.1) is 5.92 Å². The monoisotopic (exact) mass is 273 g/mol. The van der Waals surface area contributed by atoms with E-state index in [1.807, 2.05) is 4.68 Å². The highest BCUT2D eigenvalue weighted by Crippen LogP contribution is 2.29. The minimum atomic E-state index is 0.405. The number of halogens is 1. The Morgan fingerprint density at radius 3 is 2.33 bits per heavy atom. The molecule has 1 rings (SSSR count). The number of rotatable bonds is 4. The summed E-state index contributed by atoms with van der Waals surface area (Å²) in [6.45, 7) is 9.56. The Bertz CT molecular complexity index is 329. The molecule has 4 heteroatoms. The standard InChI is InChI=1S/C11H20BrN3/c1-7(2)5-6-15-11(13)9(12)10(14-15)8(3)4/h7-8H,5-6,13H2,1-4H3. The highest BCUT2D eigenvalue weighted by Gasteiger charge is 2.15. The third kappa shape index (κ3) is 2.97. The Morgan fingerprint density at radius 1 is 1.33 bits per heavy atom. The summed E-state index contributed by atoms with van der Waals surface area (Å²) in [5.41, 5.74) is 7.03. The van der Waals surface area contributed by atoms with Crippen LogP contribution in [0.3, 0.4) is 0 Å². The van der Waals surface area contributed by atoms with Crippen LogP contribution in [0.5, 0.6) is 0 Å². The number of anilines is 1. The number of nitrogens with two attached hydrogens (primary N) is 1. The average Bonchev–Trinajstić information content (AvgIpc) is 2.41. The fourth-order valence-corrected chi connectivity index (χ4v) is 2.13. The van der Waals surface area contributed by atoms with Crippen molar-refractivity contribution in [2.45, 2.75) is 46.6 Å². The van der Waals surface area contributed by atoms with E-state index in [0.717, 1.165) is 29.0 Å². The van der Waals surface area contributed by atoms with E-state index in [1.54, 1.807) is 0 Å². The van der Waals surface area contributed by atoms with Crippen molar-refractivity contribution in [3.8, 4) is 0 Å². The van der Waals surface area contributed by atoms with Gasteiger partial charge in [0.2, 0.25) is 0 Å². The summed E-state index contributed by atoms with van der Waals surface area (Å²) >= 11 is 3.50. The van der Waals surface area contributed by atoms with Gasteiger partial charge in [0.05, 0.1) is 10.2 Å². The molecule has 15 heavy (non-hydrogen) atoms. The topological polar surface area (TPSA) is 43.8 Å². The third-order valence-electron chi connectivity index (χ3n) is 2.42. The second-order valence-electron chi connectivity index (χ2n) is 4.64. The molecule has 0 aromatic carbocycles. The van der Waals surface area contributed by atoms with Crippen molar-refractivity contribution in [2.24, 2.45) is 5.92 Å². The van der Waals surface area contributed by atoms with Crippen LogP contribution in [-0.2, 0) is 6.54 Å². The maximum Gasteiger partial charge on any atom is 0.136 e. The molecule has 0 atom stereocenters. The maximum absolute atomic E-state index is 5.98. The van der Waals surface area contributed by atoms with Crippen molar-refractivity contribution < 1.29 is 0 Å². The van der Waals surface area contributed by atoms with E-state index >= 15 is 0 Å². The van der Waals surface area contributed by atoms with Crippen molar-refractivity contribution in [3.05, 3.63) is 10.2 Å². The van der Waals surface area contributed by atoms with Gasteiger partial charge in [-0.25, -0.2) is 4.68 Å². The molecule has 0 aliphatic rings. The van der Waals surface area contributed by atoms with Crippen molar-refractivity contribution in [2.75, 3.05) is 5.73 Å². The first-order valence-corrected chi connectivity index (χ1v) is 6.24. The molecule has 0 unspecified atom stereocenters. The quantitative estimate of drug-likeness (QED) is 0.914. The molecule has 1 aromatic heterocycles. The Balaban J connectivity index is 2.85. The van der Waals surface area contributed by atoms with Crippen LogP contribution in [0.1, 0.15) is 45.7 Å². The van der Waals surface area contributed by atoms with Crippen molar-refractivity contribution in [1.29, 1.82) is 0 Å². The number of hydrogen-bond donors (Lipinski definition) is 1. The summed E-state index contributed by atoms with van der Waals surface area (Å²) in [5, 5.41) is 4.53. The van der Waals surface area contributed by atoms with Crippen LogP contribution >= 0.6 is 15.9 Å². The summed E-state index contributed by atoms with van der Waals surface area (Å²) in [6.07, 6.45) is 1.11. The Morgan fingerprint density at radius 2 is 1.93 bits per heavy atom. The molecule has 0 aliphatic carbocycles. The van der Waals surface area contributed by atoms with Gasteiger partial charge in [-0.2, -0.15) is 5.10 Å². The molecule has 0 bridgehead atoms. The lowest BCUT2D eigenvalue weighted by Crippen LogP contribution is -2.07. The van der Waals surface area contributed by atoms with Gasteiger partial charge < -0.3 is 5.73 Å². The first-order chi connectivity index (χ1) is 6.93. The summed E-state index contributed by atoms with van der Waals surface area (Å²) in [5.74, 6) is 1.83. The zero-order chi connectivity index (χ0) is 11.6. The Labute approximate surface area is 100 Å². The molecular formula is C11H20BrN3. The lowest BCUT2D eigenvalue weighted by molar-refractivity contribution is 0.487. The zero-order valence-corrected chi connectivity index (χ0v) is 11.5. The van der Waals surface area contributed by atoms with Gasteiger partial charge >= 0.3 is 0 Å². The highest BCUT2D eigenvalue weighted by molar-refractivity contribution is 9.10. The van der Waals surface area contributed by atoms with E-state index in [0.29, 0.717) is 11.8 Å². The molecule has 2 N–H and O–H groups in total. The predicted octanol–water partition coefficient (Wildman–Crippen LogP) is 3.40. The first kappa shape index (κ1) is 12.6. The van der Waals surface area contributed by atoms with Crippen molar-refractivity contribution in [1.82, 2.24) is 9.78 Å². The molecule has 3 nitrogen and oxygen atoms in total. The number of aromatic nitrogens is 2. The lowest BCUT2D eigenvalue weighted by Gasteiger charge is -2.06. The third-order valence-corrected chi connectivity index (χ3v) is 3.23. The van der Waals surface area contributed by atoms with Crippen LogP contribution in [0.2, 0.25) is 0 Å². The molecule has 1 aromatic rings. The van der Waals surface area contributed by atoms with Crippen LogP contribution in [0.4, 0.5) is 5.82 Å². The number of hydrogen-bond acceptors (Lipinski definition) is 2. The van der Waals surface area contributed by atoms with Gasteiger partial charge in [-0.3, -0.25) is 0 Å². The second kappa shape index (κ2) is 5.01. The van der Waals surface area contributed by atoms with Gasteiger partial charge in [-0.05, 0) is 34.2 Å². The molecule has 0 amide bonds. The van der Waals surface area contributed by atoms with Crippen molar-refractivity contribution in [3.63, 3.8) is 0 Å². The van der Waals surface area contributed by atoms with Gasteiger partial charge in [0, 0.05) is 6.54 Å². The second-order valence-corrected chi connectivity index (χ2v) is 5.44. The largest absolute Gasteiger partial charge is 0.383 e. The highest BCUT2D eigenvalue weighted by atomic mass is 79.9. The summed E-state index contributed by atoms with van der Waals surface area (Å²) < 4.78 is 2.86. The average molecular weight is 274 g/mol. The molecule has 0 spiro atoms. The van der Waals surface area contributed by atoms with Crippen LogP contribution in [0.15, 0.2) is 4.47 Å². The van der Waals surface area contributed by atoms with Crippen molar-refractivity contribution >= 4 is 21.7 Å². The SMILES string of the molecule is CC(C)CCn1nc(C(C)C)c(Br)c1N. The molecule has 0 radical (unpaired) electrons. The van der Waals surface area contributed by atoms with Gasteiger partial charge in [0.25, 0.3) is 0 Å². The van der Waals surface area contributed by atoms with E-state index in [2.05, 4.69) is 48.7 Å². The maximum atomic E-state index is 5.98. The normalized spacial score (nSPS) is 11.7. The van der Waals surface area contributed by atoms with Crippen LogP contribution < -0.4 is 5.73 Å². The molecule has 86 valence electrons. The Hall–Kier alpha value is -0.510. The molecule has 0 fully saturated rings. The van der Waals surface area contributed by atoms with E-state index in [9.17, 15) is 0 Å². The summed E-state index contributed by atoms with van der Waals surface area (Å²) in [4.78, 5) is 0. The summed E-state index contributed by atoms with van der Waals surface area (Å²) in [7, 11) is 0. The predicted molar refractivity (Wildman–Crippen MR) is 67.9 cm³/mol. The smallest absolute Gasteiger partial charge is 0.136 e. The molecule has 1 heterocycles. The van der Waals surface area contributed by atoms with Crippen LogP contribution in [-0.4, -0.2) is 9.78 Å². The minimum absolute atomic E-state index is 0.405. The number of aryl methyl sites for hydroxylation is 1. The fourth-order valence-electron chi connectivity index (χ4n) is 1.39. The van der Waals surface area contributed by atoms with Gasteiger partial charge in [0.15, 0.2) is 0 Å². The lowest BCUT2D eigenvalue weighted by atomic mass is 10.1. The first-order valence-electron chi connectivity index (χ1n) is 5.45. The summed E-state index contributed by atoms with van der Waals surface area (Å²) in [6, 6.07) is 0. The van der Waals surface area contributed by atoms with E-state index in [-0.39, 0.29) is 0 Å². The minimum Gasteiger partial charge on any atom is -0.383 e. The van der Waals surface area contributed by atoms with Gasteiger partial charge in [-0.15, -0.1) is 0 Å². The molecule has 0 saturated heterocycles. The van der Waals surface area contributed by atoms with E-state index < -0.39 is 0 Å². The van der Waals surface area contributed by atoms with E-state index in [1.165, 1.54) is 0 Å². The zero-order valence-electron chi connectivity index (χ0n) is 9.92. The molecule has 0 saturated carbocycles. The van der Waals surface area contributed by atoms with Crippen LogP contribution in [0.25, 0.3) is 0 Å². The number of nitrogens with zero attached hydrogens (tertiary/aromatic N) is 2. The van der Waals surface area contributed by atoms with Gasteiger partial charge in [0.1, 0.15) is 5.82 Å². The van der Waals surface area contributed by atoms with E-state index in [4.69, 9.17) is 5.73 Å². The fraction of sp³-hybridized carbons (Fsp3) is 0.727. The molecular weight excluding hydrogens is 254 g/mol.